The number of anilines is 1. The second-order valence-electron chi connectivity index (χ2n) is 6.76. The molecule has 24 heavy (non-hydrogen) atoms. The number of likely N-dealkylation sites (tertiary alicyclic amines) is 1. The standard InChI is InChI=1S/C18H25FN2O3/c1-2-24-16-11-15(22)18(16)7-9-21(10-8-18)12-17(23)20-14-5-3-13(19)4-6-14/h3-6,15-16,22H,2,7-12H2,1H3,(H,20,23). The van der Waals surface area contributed by atoms with Crippen LogP contribution in [0, 0.1) is 11.2 Å². The van der Waals surface area contributed by atoms with E-state index >= 15 is 0 Å². The normalized spacial score (nSPS) is 26.1. The molecule has 1 heterocycles. The summed E-state index contributed by atoms with van der Waals surface area (Å²) in [6, 6.07) is 5.75. The smallest absolute Gasteiger partial charge is 0.238 e. The number of aliphatic hydroxyl groups is 1. The summed E-state index contributed by atoms with van der Waals surface area (Å²) >= 11 is 0. The van der Waals surface area contributed by atoms with Crippen molar-refractivity contribution in [2.75, 3.05) is 31.6 Å². The number of aliphatic hydroxyl groups excluding tert-OH is 1. The number of amides is 1. The SMILES string of the molecule is CCOC1CC(O)C12CCN(CC(=O)Nc1ccc(F)cc1)CC2. The maximum absolute atomic E-state index is 12.9. The van der Waals surface area contributed by atoms with Crippen molar-refractivity contribution in [1.29, 1.82) is 0 Å². The fourth-order valence-electron chi connectivity index (χ4n) is 3.88. The zero-order valence-corrected chi connectivity index (χ0v) is 14.0. The molecule has 5 nitrogen and oxygen atoms in total. The number of carbonyl (C=O) groups is 1. The number of nitrogens with one attached hydrogen (secondary N) is 1. The molecular weight excluding hydrogens is 311 g/mol. The molecule has 1 saturated carbocycles. The van der Waals surface area contributed by atoms with Gasteiger partial charge in [-0.1, -0.05) is 0 Å². The molecule has 1 amide bonds. The van der Waals surface area contributed by atoms with Crippen molar-refractivity contribution in [1.82, 2.24) is 4.90 Å². The van der Waals surface area contributed by atoms with Gasteiger partial charge in [0, 0.05) is 24.1 Å². The fraction of sp³-hybridized carbons (Fsp3) is 0.611. The highest BCUT2D eigenvalue weighted by Gasteiger charge is 2.55. The largest absolute Gasteiger partial charge is 0.392 e. The Balaban J connectivity index is 1.48. The lowest BCUT2D eigenvalue weighted by atomic mass is 9.58. The van der Waals surface area contributed by atoms with E-state index in [2.05, 4.69) is 10.2 Å². The van der Waals surface area contributed by atoms with Crippen LogP contribution in [0.1, 0.15) is 26.2 Å². The summed E-state index contributed by atoms with van der Waals surface area (Å²) in [5.74, 6) is -0.426. The fourth-order valence-corrected chi connectivity index (χ4v) is 3.88. The van der Waals surface area contributed by atoms with Crippen LogP contribution in [0.25, 0.3) is 0 Å². The van der Waals surface area contributed by atoms with Gasteiger partial charge < -0.3 is 15.2 Å². The molecule has 1 aliphatic heterocycles. The number of halogens is 1. The highest BCUT2D eigenvalue weighted by Crippen LogP contribution is 2.50. The van der Waals surface area contributed by atoms with E-state index in [9.17, 15) is 14.3 Å². The van der Waals surface area contributed by atoms with Gasteiger partial charge in [-0.25, -0.2) is 4.39 Å². The molecule has 2 atom stereocenters. The Bertz CT molecular complexity index is 568. The summed E-state index contributed by atoms with van der Waals surface area (Å²) in [4.78, 5) is 14.2. The predicted molar refractivity (Wildman–Crippen MR) is 89.2 cm³/mol. The minimum Gasteiger partial charge on any atom is -0.392 e. The summed E-state index contributed by atoms with van der Waals surface area (Å²) in [7, 11) is 0. The topological polar surface area (TPSA) is 61.8 Å². The van der Waals surface area contributed by atoms with E-state index in [0.29, 0.717) is 18.8 Å². The first-order valence-corrected chi connectivity index (χ1v) is 8.61. The Morgan fingerprint density at radius 2 is 2.04 bits per heavy atom. The molecule has 0 aromatic heterocycles. The van der Waals surface area contributed by atoms with Crippen molar-refractivity contribution in [2.24, 2.45) is 5.41 Å². The summed E-state index contributed by atoms with van der Waals surface area (Å²) in [5, 5.41) is 13.0. The number of hydrogen-bond donors (Lipinski definition) is 2. The van der Waals surface area contributed by atoms with Gasteiger partial charge in [0.1, 0.15) is 5.82 Å². The first-order chi connectivity index (χ1) is 11.5. The van der Waals surface area contributed by atoms with Crippen molar-refractivity contribution in [3.8, 4) is 0 Å². The predicted octanol–water partition coefficient (Wildman–Crippen LogP) is 2.02. The van der Waals surface area contributed by atoms with Gasteiger partial charge in [0.15, 0.2) is 0 Å². The molecule has 1 saturated heterocycles. The number of carbonyl (C=O) groups excluding carboxylic acids is 1. The summed E-state index contributed by atoms with van der Waals surface area (Å²) in [6.07, 6.45) is 2.28. The van der Waals surface area contributed by atoms with Gasteiger partial charge in [-0.3, -0.25) is 9.69 Å². The van der Waals surface area contributed by atoms with E-state index in [1.54, 1.807) is 12.1 Å². The van der Waals surface area contributed by atoms with E-state index in [1.807, 2.05) is 6.92 Å². The Labute approximate surface area is 141 Å². The molecule has 3 rings (SSSR count). The second kappa shape index (κ2) is 7.17. The monoisotopic (exact) mass is 336 g/mol. The van der Waals surface area contributed by atoms with Crippen LogP contribution in [0.3, 0.4) is 0 Å². The van der Waals surface area contributed by atoms with Gasteiger partial charge >= 0.3 is 0 Å². The second-order valence-corrected chi connectivity index (χ2v) is 6.76. The number of benzene rings is 1. The number of rotatable bonds is 5. The van der Waals surface area contributed by atoms with E-state index in [-0.39, 0.29) is 29.3 Å². The molecule has 1 spiro atoms. The Morgan fingerprint density at radius 3 is 2.62 bits per heavy atom. The summed E-state index contributed by atoms with van der Waals surface area (Å²) < 4.78 is 18.6. The van der Waals surface area contributed by atoms with Crippen LogP contribution in [0.2, 0.25) is 0 Å². The van der Waals surface area contributed by atoms with Crippen LogP contribution in [0.4, 0.5) is 10.1 Å². The lowest BCUT2D eigenvalue weighted by Crippen LogP contribution is -2.62. The molecule has 2 fully saturated rings. The van der Waals surface area contributed by atoms with Crippen LogP contribution in [-0.2, 0) is 9.53 Å². The van der Waals surface area contributed by atoms with Crippen molar-refractivity contribution >= 4 is 11.6 Å². The first kappa shape index (κ1) is 17.3. The van der Waals surface area contributed by atoms with Crippen molar-refractivity contribution in [3.05, 3.63) is 30.1 Å². The van der Waals surface area contributed by atoms with Crippen LogP contribution < -0.4 is 5.32 Å². The van der Waals surface area contributed by atoms with E-state index in [4.69, 9.17) is 4.74 Å². The zero-order valence-electron chi connectivity index (χ0n) is 14.0. The van der Waals surface area contributed by atoms with Crippen LogP contribution >= 0.6 is 0 Å². The van der Waals surface area contributed by atoms with E-state index < -0.39 is 0 Å². The summed E-state index contributed by atoms with van der Waals surface area (Å²) in [6.45, 7) is 4.51. The van der Waals surface area contributed by atoms with Crippen molar-refractivity contribution in [3.63, 3.8) is 0 Å². The Kier molecular flexibility index (Phi) is 5.18. The molecule has 2 unspecified atom stereocenters. The third-order valence-electron chi connectivity index (χ3n) is 5.39. The molecule has 1 aliphatic carbocycles. The molecule has 1 aromatic rings. The van der Waals surface area contributed by atoms with Gasteiger partial charge in [-0.2, -0.15) is 0 Å². The highest BCUT2D eigenvalue weighted by molar-refractivity contribution is 5.92. The van der Waals surface area contributed by atoms with Crippen LogP contribution in [0.5, 0.6) is 0 Å². The molecular formula is C18H25FN2O3. The molecule has 1 aromatic carbocycles. The molecule has 2 aliphatic rings. The van der Waals surface area contributed by atoms with E-state index in [1.165, 1.54) is 12.1 Å². The van der Waals surface area contributed by atoms with Gasteiger partial charge in [-0.05, 0) is 57.1 Å². The number of ether oxygens (including phenoxy) is 1. The molecule has 2 N–H and O–H groups in total. The highest BCUT2D eigenvalue weighted by atomic mass is 19.1. The lowest BCUT2D eigenvalue weighted by molar-refractivity contribution is -0.209. The minimum atomic E-state index is -0.322. The number of piperidine rings is 1. The number of nitrogens with zero attached hydrogens (tertiary/aromatic N) is 1. The van der Waals surface area contributed by atoms with Crippen LogP contribution in [-0.4, -0.2) is 54.4 Å². The van der Waals surface area contributed by atoms with Gasteiger partial charge in [0.2, 0.25) is 5.91 Å². The molecule has 0 radical (unpaired) electrons. The van der Waals surface area contributed by atoms with Gasteiger partial charge in [0.25, 0.3) is 0 Å². The summed E-state index contributed by atoms with van der Waals surface area (Å²) in [5.41, 5.74) is 0.473. The maximum atomic E-state index is 12.9. The van der Waals surface area contributed by atoms with E-state index in [0.717, 1.165) is 32.4 Å². The first-order valence-electron chi connectivity index (χ1n) is 8.61. The third-order valence-corrected chi connectivity index (χ3v) is 5.39. The number of hydrogen-bond acceptors (Lipinski definition) is 4. The molecule has 0 bridgehead atoms. The Morgan fingerprint density at radius 1 is 1.38 bits per heavy atom. The van der Waals surface area contributed by atoms with Crippen LogP contribution in [0.15, 0.2) is 24.3 Å². The maximum Gasteiger partial charge on any atom is 0.238 e. The Hall–Kier alpha value is -1.50. The quantitative estimate of drug-likeness (QED) is 0.864. The molecule has 6 heteroatoms. The average molecular weight is 336 g/mol. The van der Waals surface area contributed by atoms with Crippen molar-refractivity contribution in [2.45, 2.75) is 38.4 Å². The van der Waals surface area contributed by atoms with Gasteiger partial charge in [-0.15, -0.1) is 0 Å². The minimum absolute atomic E-state index is 0.104. The average Bonchev–Trinajstić information content (AvgIpc) is 2.57. The molecule has 132 valence electrons. The van der Waals surface area contributed by atoms with Gasteiger partial charge in [0.05, 0.1) is 18.8 Å². The third kappa shape index (κ3) is 3.45. The van der Waals surface area contributed by atoms with Crippen molar-refractivity contribution < 1.29 is 19.0 Å². The zero-order chi connectivity index (χ0) is 17.2. The lowest BCUT2D eigenvalue weighted by Gasteiger charge is -2.56.